The minimum atomic E-state index is -0.812. The van der Waals surface area contributed by atoms with Crippen molar-refractivity contribution >= 4 is 41.7 Å². The van der Waals surface area contributed by atoms with Gasteiger partial charge in [-0.25, -0.2) is 19.4 Å². The molecule has 0 radical (unpaired) electrons. The highest BCUT2D eigenvalue weighted by Crippen LogP contribution is 2.15. The molecule has 1 atom stereocenters. The Hall–Kier alpha value is -5.52. The van der Waals surface area contributed by atoms with Crippen molar-refractivity contribution in [1.29, 1.82) is 0 Å². The number of alkyl carbamates (subject to hydrolysis) is 1. The first kappa shape index (κ1) is 32.0. The van der Waals surface area contributed by atoms with E-state index in [0.717, 1.165) is 6.34 Å². The van der Waals surface area contributed by atoms with Crippen molar-refractivity contribution in [2.45, 2.75) is 19.9 Å². The van der Waals surface area contributed by atoms with E-state index in [4.69, 9.17) is 18.9 Å². The maximum Gasteiger partial charge on any atom is 0.412 e. The van der Waals surface area contributed by atoms with Crippen molar-refractivity contribution in [3.63, 3.8) is 0 Å². The molecule has 0 aromatic heterocycles. The molecule has 0 saturated heterocycles. The van der Waals surface area contributed by atoms with Crippen LogP contribution in [0.3, 0.4) is 0 Å². The van der Waals surface area contributed by atoms with E-state index in [9.17, 15) is 24.0 Å². The third kappa shape index (κ3) is 10.8. The van der Waals surface area contributed by atoms with Crippen molar-refractivity contribution in [2.75, 3.05) is 26.4 Å². The zero-order chi connectivity index (χ0) is 31.0. The van der Waals surface area contributed by atoms with Crippen LogP contribution in [0.15, 0.2) is 83.9 Å². The van der Waals surface area contributed by atoms with Gasteiger partial charge in [0.1, 0.15) is 19.0 Å². The van der Waals surface area contributed by atoms with Gasteiger partial charge in [-0.05, 0) is 74.5 Å². The normalized spacial score (nSPS) is 11.2. The summed E-state index contributed by atoms with van der Waals surface area (Å²) in [6, 6.07) is 20.0. The Bertz CT molecular complexity index is 1420. The molecule has 0 aliphatic rings. The van der Waals surface area contributed by atoms with E-state index in [1.54, 1.807) is 80.6 Å². The van der Waals surface area contributed by atoms with Gasteiger partial charge in [0.2, 0.25) is 0 Å². The Labute approximate surface area is 248 Å². The maximum absolute atomic E-state index is 12.8. The zero-order valence-electron chi connectivity index (χ0n) is 23.6. The number of carbonyl (C=O) groups excluding carboxylic acids is 5. The van der Waals surface area contributed by atoms with Gasteiger partial charge in [-0.3, -0.25) is 14.9 Å². The predicted octanol–water partition coefficient (Wildman–Crippen LogP) is 3.87. The molecule has 3 aromatic rings. The number of benzene rings is 3. The third-order valence-electron chi connectivity index (χ3n) is 5.63. The van der Waals surface area contributed by atoms with Crippen molar-refractivity contribution in [3.8, 4) is 5.75 Å². The van der Waals surface area contributed by atoms with Crippen molar-refractivity contribution in [3.05, 3.63) is 95.6 Å². The molecule has 3 aromatic carbocycles. The van der Waals surface area contributed by atoms with E-state index in [0.29, 0.717) is 28.1 Å². The van der Waals surface area contributed by atoms with Crippen molar-refractivity contribution < 1.29 is 42.9 Å². The van der Waals surface area contributed by atoms with Crippen LogP contribution in [0.4, 0.5) is 10.5 Å². The van der Waals surface area contributed by atoms with E-state index in [1.165, 1.54) is 12.1 Å². The van der Waals surface area contributed by atoms with Gasteiger partial charge in [-0.1, -0.05) is 18.2 Å². The third-order valence-corrected chi connectivity index (χ3v) is 5.63. The lowest BCUT2D eigenvalue weighted by Gasteiger charge is -2.13. The summed E-state index contributed by atoms with van der Waals surface area (Å²) >= 11 is 0. The number of ether oxygens (including phenoxy) is 4. The van der Waals surface area contributed by atoms with Gasteiger partial charge < -0.3 is 24.3 Å². The molecule has 43 heavy (non-hydrogen) atoms. The number of hydrogen-bond donors (Lipinski definition) is 2. The molecule has 224 valence electrons. The lowest BCUT2D eigenvalue weighted by atomic mass is 10.0. The second-order valence-electron chi connectivity index (χ2n) is 8.76. The van der Waals surface area contributed by atoms with Crippen LogP contribution < -0.4 is 15.4 Å². The Morgan fingerprint density at radius 2 is 1.44 bits per heavy atom. The highest BCUT2D eigenvalue weighted by Gasteiger charge is 2.18. The van der Waals surface area contributed by atoms with Crippen LogP contribution in [-0.4, -0.2) is 68.5 Å². The molecule has 0 saturated carbocycles. The Morgan fingerprint density at radius 1 is 0.791 bits per heavy atom. The van der Waals surface area contributed by atoms with Crippen LogP contribution in [0.2, 0.25) is 0 Å². The number of nitrogens with zero attached hydrogens (tertiary/aromatic N) is 1. The lowest BCUT2D eigenvalue weighted by molar-refractivity contribution is -0.145. The van der Waals surface area contributed by atoms with Crippen LogP contribution in [0.5, 0.6) is 5.75 Å². The van der Waals surface area contributed by atoms with Crippen LogP contribution in [0, 0.1) is 0 Å². The summed E-state index contributed by atoms with van der Waals surface area (Å²) < 4.78 is 20.1. The molecule has 0 bridgehead atoms. The Balaban J connectivity index is 1.38. The van der Waals surface area contributed by atoms with E-state index in [-0.39, 0.29) is 32.2 Å². The number of Topliss-reactive ketones (excluding diaryl/α,β-unsaturated/α-hetero) is 1. The molecule has 0 fully saturated rings. The first-order valence-corrected chi connectivity index (χ1v) is 13.3. The van der Waals surface area contributed by atoms with Crippen molar-refractivity contribution in [1.82, 2.24) is 10.6 Å². The summed E-state index contributed by atoms with van der Waals surface area (Å²) in [5.41, 5.74) is 1.51. The SMILES string of the molecule is CCOC(=O)COc1ccc(C(=O)[C@H](C)NC(=O)c2ccc(N=CNC(=O)OCCOC(=O)c3ccccc3)cc2)cc1. The monoisotopic (exact) mass is 589 g/mol. The number of esters is 2. The lowest BCUT2D eigenvalue weighted by Crippen LogP contribution is -2.38. The van der Waals surface area contributed by atoms with Crippen LogP contribution in [0.1, 0.15) is 44.9 Å². The van der Waals surface area contributed by atoms with E-state index in [2.05, 4.69) is 15.6 Å². The smallest absolute Gasteiger partial charge is 0.412 e. The van der Waals surface area contributed by atoms with Gasteiger partial charge >= 0.3 is 18.0 Å². The number of aliphatic imine (C=N–C) groups is 1. The fraction of sp³-hybridized carbons (Fsp3) is 0.226. The van der Waals surface area contributed by atoms with E-state index >= 15 is 0 Å². The van der Waals surface area contributed by atoms with E-state index in [1.807, 2.05) is 0 Å². The second kappa shape index (κ2) is 16.7. The van der Waals surface area contributed by atoms with Crippen LogP contribution in [0.25, 0.3) is 0 Å². The Kier molecular flexibility index (Phi) is 12.4. The molecular weight excluding hydrogens is 558 g/mol. The van der Waals surface area contributed by atoms with Gasteiger partial charge in [-0.2, -0.15) is 0 Å². The van der Waals surface area contributed by atoms with Crippen LogP contribution in [-0.2, 0) is 19.0 Å². The summed E-state index contributed by atoms with van der Waals surface area (Å²) in [6.07, 6.45) is 0.342. The number of carbonyl (C=O) groups is 5. The molecule has 0 aliphatic heterocycles. The highest BCUT2D eigenvalue weighted by atomic mass is 16.6. The van der Waals surface area contributed by atoms with Crippen molar-refractivity contribution in [2.24, 2.45) is 4.99 Å². The fourth-order valence-corrected chi connectivity index (χ4v) is 3.48. The minimum Gasteiger partial charge on any atom is -0.482 e. The van der Waals surface area contributed by atoms with Gasteiger partial charge in [-0.15, -0.1) is 0 Å². The number of nitrogens with one attached hydrogen (secondary N) is 2. The molecule has 12 nitrogen and oxygen atoms in total. The van der Waals surface area contributed by atoms with Crippen LogP contribution >= 0.6 is 0 Å². The fourth-order valence-electron chi connectivity index (χ4n) is 3.48. The first-order chi connectivity index (χ1) is 20.8. The first-order valence-electron chi connectivity index (χ1n) is 13.3. The molecule has 12 heteroatoms. The average Bonchev–Trinajstić information content (AvgIpc) is 3.02. The number of amides is 2. The molecule has 0 unspecified atom stereocenters. The molecule has 0 heterocycles. The Morgan fingerprint density at radius 3 is 2.12 bits per heavy atom. The standard InChI is InChI=1S/C31H31N3O9/c1-3-40-27(35)19-43-26-15-11-22(12-16-26)28(36)21(2)34-29(37)23-9-13-25(14-10-23)32-20-33-31(39)42-18-17-41-30(38)24-7-5-4-6-8-24/h4-16,20-21H,3,17-19H2,1-2H3,(H,34,37)(H,32,33,39)/t21-/m0/s1. The zero-order valence-corrected chi connectivity index (χ0v) is 23.6. The van der Waals surface area contributed by atoms with Gasteiger partial charge in [0.25, 0.3) is 5.91 Å². The molecule has 0 aliphatic carbocycles. The predicted molar refractivity (Wildman–Crippen MR) is 156 cm³/mol. The summed E-state index contributed by atoms with van der Waals surface area (Å²) in [4.78, 5) is 64.5. The largest absolute Gasteiger partial charge is 0.482 e. The quantitative estimate of drug-likeness (QED) is 0.0711. The molecule has 2 N–H and O–H groups in total. The summed E-state index contributed by atoms with van der Waals surface area (Å²) in [6.45, 7) is 3.04. The molecule has 0 spiro atoms. The number of rotatable bonds is 14. The molecule has 3 rings (SSSR count). The van der Waals surface area contributed by atoms with Gasteiger partial charge in [0.15, 0.2) is 12.4 Å². The molecular formula is C31H31N3O9. The average molecular weight is 590 g/mol. The topological polar surface area (TPSA) is 159 Å². The summed E-state index contributed by atoms with van der Waals surface area (Å²) in [7, 11) is 0. The van der Waals surface area contributed by atoms with Gasteiger partial charge in [0, 0.05) is 11.1 Å². The number of ketones is 1. The molecule has 2 amide bonds. The minimum absolute atomic E-state index is 0.105. The summed E-state index contributed by atoms with van der Waals surface area (Å²) in [5.74, 6) is -1.37. The van der Waals surface area contributed by atoms with E-state index < -0.39 is 30.0 Å². The summed E-state index contributed by atoms with van der Waals surface area (Å²) in [5, 5.41) is 4.98. The second-order valence-corrected chi connectivity index (χ2v) is 8.76. The van der Waals surface area contributed by atoms with Gasteiger partial charge in [0.05, 0.1) is 30.2 Å². The highest BCUT2D eigenvalue weighted by molar-refractivity contribution is 6.04. The maximum atomic E-state index is 12.8. The number of hydrogen-bond acceptors (Lipinski definition) is 10.